The molecule has 0 aliphatic rings. The summed E-state index contributed by atoms with van der Waals surface area (Å²) in [6.45, 7) is 0.835. The number of carbonyl (C=O) groups is 1. The molecule has 0 aliphatic carbocycles. The summed E-state index contributed by atoms with van der Waals surface area (Å²) in [5, 5.41) is 7.66. The summed E-state index contributed by atoms with van der Waals surface area (Å²) in [5.74, 6) is 0.303. The van der Waals surface area contributed by atoms with Crippen molar-refractivity contribution in [1.82, 2.24) is 15.4 Å². The van der Waals surface area contributed by atoms with Crippen LogP contribution in [0.5, 0.6) is 0 Å². The van der Waals surface area contributed by atoms with Crippen LogP contribution in [-0.2, 0) is 0 Å². The van der Waals surface area contributed by atoms with Crippen molar-refractivity contribution in [2.75, 3.05) is 20.6 Å². The van der Waals surface area contributed by atoms with Gasteiger partial charge in [0, 0.05) is 16.7 Å². The van der Waals surface area contributed by atoms with Crippen molar-refractivity contribution < 1.29 is 9.32 Å². The quantitative estimate of drug-likeness (QED) is 0.656. The maximum absolute atomic E-state index is 12.7. The van der Waals surface area contributed by atoms with Crippen molar-refractivity contribution in [3.8, 4) is 11.3 Å². The van der Waals surface area contributed by atoms with E-state index < -0.39 is 0 Å². The van der Waals surface area contributed by atoms with Crippen molar-refractivity contribution in [2.24, 2.45) is 0 Å². The molecule has 1 aromatic heterocycles. The molecule has 0 radical (unpaired) electrons. The van der Waals surface area contributed by atoms with Crippen LogP contribution in [-0.4, -0.2) is 36.6 Å². The lowest BCUT2D eigenvalue weighted by Gasteiger charge is -2.21. The molecule has 0 saturated heterocycles. The number of halogens is 1. The third kappa shape index (κ3) is 5.18. The highest BCUT2D eigenvalue weighted by molar-refractivity contribution is 6.30. The fourth-order valence-corrected chi connectivity index (χ4v) is 2.88. The van der Waals surface area contributed by atoms with Crippen molar-refractivity contribution in [3.05, 3.63) is 76.9 Å². The molecule has 0 spiro atoms. The fourth-order valence-electron chi connectivity index (χ4n) is 2.76. The van der Waals surface area contributed by atoms with Crippen LogP contribution in [0.4, 0.5) is 0 Å². The summed E-state index contributed by atoms with van der Waals surface area (Å²) in [5.41, 5.74) is 2.14. The van der Waals surface area contributed by atoms with Crippen LogP contribution in [0, 0.1) is 0 Å². The molecule has 0 aliphatic heterocycles. The first kappa shape index (κ1) is 19.1. The second kappa shape index (κ2) is 8.84. The highest BCUT2D eigenvalue weighted by Gasteiger charge is 2.19. The van der Waals surface area contributed by atoms with Crippen LogP contribution in [0.2, 0.25) is 5.02 Å². The van der Waals surface area contributed by atoms with Crippen LogP contribution in [0.3, 0.4) is 0 Å². The lowest BCUT2D eigenvalue weighted by atomic mass is 10.0. The number of nitrogens with one attached hydrogen (secondary N) is 1. The van der Waals surface area contributed by atoms with E-state index in [0.717, 1.165) is 24.1 Å². The van der Waals surface area contributed by atoms with Gasteiger partial charge in [-0.15, -0.1) is 0 Å². The van der Waals surface area contributed by atoms with Gasteiger partial charge in [0.2, 0.25) is 0 Å². The molecule has 1 atom stereocenters. The molecule has 5 nitrogen and oxygen atoms in total. The molecule has 140 valence electrons. The van der Waals surface area contributed by atoms with Gasteiger partial charge in [-0.1, -0.05) is 59.2 Å². The normalized spacial score (nSPS) is 12.1. The summed E-state index contributed by atoms with van der Waals surface area (Å²) in [4.78, 5) is 14.8. The molecule has 0 saturated carbocycles. The van der Waals surface area contributed by atoms with Crippen molar-refractivity contribution >= 4 is 17.5 Å². The van der Waals surface area contributed by atoms with Gasteiger partial charge < -0.3 is 14.7 Å². The molecule has 0 fully saturated rings. The topological polar surface area (TPSA) is 58.4 Å². The van der Waals surface area contributed by atoms with E-state index in [4.69, 9.17) is 16.1 Å². The molecule has 0 bridgehead atoms. The minimum atomic E-state index is -0.264. The van der Waals surface area contributed by atoms with Gasteiger partial charge >= 0.3 is 0 Å². The van der Waals surface area contributed by atoms with Gasteiger partial charge in [-0.3, -0.25) is 4.79 Å². The zero-order valence-corrected chi connectivity index (χ0v) is 16.1. The molecule has 2 aromatic carbocycles. The Morgan fingerprint density at radius 1 is 1.15 bits per heavy atom. The van der Waals surface area contributed by atoms with Crippen molar-refractivity contribution in [3.63, 3.8) is 0 Å². The van der Waals surface area contributed by atoms with Gasteiger partial charge in [0.15, 0.2) is 11.5 Å². The van der Waals surface area contributed by atoms with Crippen LogP contribution in [0.25, 0.3) is 11.3 Å². The maximum atomic E-state index is 12.7. The summed E-state index contributed by atoms with van der Waals surface area (Å²) in [7, 11) is 4.01. The molecule has 1 N–H and O–H groups in total. The number of rotatable bonds is 7. The minimum Gasteiger partial charge on any atom is -0.355 e. The van der Waals surface area contributed by atoms with Crippen molar-refractivity contribution in [2.45, 2.75) is 12.5 Å². The highest BCUT2D eigenvalue weighted by atomic mass is 35.5. The Morgan fingerprint density at radius 2 is 1.85 bits per heavy atom. The lowest BCUT2D eigenvalue weighted by Crippen LogP contribution is -2.31. The fraction of sp³-hybridized carbons (Fsp3) is 0.238. The van der Waals surface area contributed by atoms with E-state index in [1.807, 2.05) is 68.7 Å². The molecule has 1 heterocycles. The molecule has 3 rings (SSSR count). The number of benzene rings is 2. The van der Waals surface area contributed by atoms with E-state index >= 15 is 0 Å². The Bertz CT molecular complexity index is 876. The highest BCUT2D eigenvalue weighted by Crippen LogP contribution is 2.22. The second-order valence-corrected chi connectivity index (χ2v) is 7.05. The molecule has 27 heavy (non-hydrogen) atoms. The number of aromatic nitrogens is 1. The first-order valence-corrected chi connectivity index (χ1v) is 9.14. The van der Waals surface area contributed by atoms with Crippen LogP contribution >= 0.6 is 11.6 Å². The Labute approximate surface area is 163 Å². The van der Waals surface area contributed by atoms with Gasteiger partial charge in [-0.25, -0.2) is 0 Å². The third-order valence-corrected chi connectivity index (χ3v) is 4.50. The average molecular weight is 384 g/mol. The molecule has 6 heteroatoms. The van der Waals surface area contributed by atoms with Gasteiger partial charge in [-0.05, 0) is 44.8 Å². The number of hydrogen-bond acceptors (Lipinski definition) is 4. The van der Waals surface area contributed by atoms with E-state index in [2.05, 4.69) is 15.4 Å². The van der Waals surface area contributed by atoms with Gasteiger partial charge in [0.05, 0.1) is 6.04 Å². The molecule has 1 amide bonds. The Hall–Kier alpha value is -2.63. The Morgan fingerprint density at radius 3 is 2.52 bits per heavy atom. The predicted molar refractivity (Wildman–Crippen MR) is 107 cm³/mol. The smallest absolute Gasteiger partial charge is 0.273 e. The van der Waals surface area contributed by atoms with E-state index in [-0.39, 0.29) is 17.6 Å². The van der Waals surface area contributed by atoms with Crippen molar-refractivity contribution in [1.29, 1.82) is 0 Å². The van der Waals surface area contributed by atoms with E-state index in [1.165, 1.54) is 0 Å². The van der Waals surface area contributed by atoms with E-state index in [9.17, 15) is 4.79 Å². The SMILES string of the molecule is CN(C)CCC(NC(=O)c1cc(-c2ccccc2)on1)c1ccc(Cl)cc1. The number of hydrogen-bond donors (Lipinski definition) is 1. The summed E-state index contributed by atoms with van der Waals surface area (Å²) < 4.78 is 5.34. The zero-order chi connectivity index (χ0) is 19.2. The minimum absolute atomic E-state index is 0.144. The average Bonchev–Trinajstić information content (AvgIpc) is 3.17. The number of carbonyl (C=O) groups excluding carboxylic acids is 1. The lowest BCUT2D eigenvalue weighted by molar-refractivity contribution is 0.0923. The summed E-state index contributed by atoms with van der Waals surface area (Å²) in [6, 6.07) is 18.6. The predicted octanol–water partition coefficient (Wildman–Crippen LogP) is 4.42. The number of amides is 1. The molecule has 1 unspecified atom stereocenters. The van der Waals surface area contributed by atoms with Gasteiger partial charge in [0.25, 0.3) is 5.91 Å². The maximum Gasteiger partial charge on any atom is 0.273 e. The summed E-state index contributed by atoms with van der Waals surface area (Å²) in [6.07, 6.45) is 0.768. The van der Waals surface area contributed by atoms with Crippen LogP contribution in [0.1, 0.15) is 28.5 Å². The monoisotopic (exact) mass is 383 g/mol. The summed E-state index contributed by atoms with van der Waals surface area (Å²) >= 11 is 5.99. The molecule has 3 aromatic rings. The van der Waals surface area contributed by atoms with Crippen LogP contribution < -0.4 is 5.32 Å². The first-order chi connectivity index (χ1) is 13.0. The number of nitrogens with zero attached hydrogens (tertiary/aromatic N) is 2. The third-order valence-electron chi connectivity index (χ3n) is 4.24. The van der Waals surface area contributed by atoms with Crippen LogP contribution in [0.15, 0.2) is 65.2 Å². The Balaban J connectivity index is 1.75. The largest absolute Gasteiger partial charge is 0.355 e. The van der Waals surface area contributed by atoms with E-state index in [0.29, 0.717) is 10.8 Å². The molecular formula is C21H22ClN3O2. The second-order valence-electron chi connectivity index (χ2n) is 6.61. The standard InChI is InChI=1S/C21H22ClN3O2/c1-25(2)13-12-18(15-8-10-17(22)11-9-15)23-21(26)19-14-20(27-24-19)16-6-4-3-5-7-16/h3-11,14,18H,12-13H2,1-2H3,(H,23,26). The molecular weight excluding hydrogens is 362 g/mol. The van der Waals surface area contributed by atoms with E-state index in [1.54, 1.807) is 6.07 Å². The van der Waals surface area contributed by atoms with Gasteiger partial charge in [-0.2, -0.15) is 0 Å². The van der Waals surface area contributed by atoms with Gasteiger partial charge in [0.1, 0.15) is 0 Å². The zero-order valence-electron chi connectivity index (χ0n) is 15.4. The Kier molecular flexibility index (Phi) is 6.27. The first-order valence-electron chi connectivity index (χ1n) is 8.76.